The van der Waals surface area contributed by atoms with E-state index in [1.54, 1.807) is 36.4 Å². The molecule has 41 heavy (non-hydrogen) atoms. The van der Waals surface area contributed by atoms with Gasteiger partial charge < -0.3 is 10.0 Å². The van der Waals surface area contributed by atoms with E-state index in [1.165, 1.54) is 17.7 Å². The third-order valence-electron chi connectivity index (χ3n) is 7.89. The largest absolute Gasteiger partial charge is 0.478 e. The second-order valence-electron chi connectivity index (χ2n) is 10.5. The van der Waals surface area contributed by atoms with Gasteiger partial charge in [-0.2, -0.15) is 5.48 Å². The van der Waals surface area contributed by atoms with Crippen molar-refractivity contribution in [3.8, 4) is 0 Å². The molecule has 7 nitrogen and oxygen atoms in total. The van der Waals surface area contributed by atoms with Gasteiger partial charge >= 0.3 is 5.97 Å². The van der Waals surface area contributed by atoms with Crippen LogP contribution < -0.4 is 5.48 Å². The van der Waals surface area contributed by atoms with Crippen LogP contribution in [0.3, 0.4) is 0 Å². The molecule has 1 aliphatic carbocycles. The Labute approximate surface area is 250 Å². The van der Waals surface area contributed by atoms with Crippen LogP contribution in [0.5, 0.6) is 0 Å². The van der Waals surface area contributed by atoms with Crippen LogP contribution in [0.15, 0.2) is 83.4 Å². The molecular formula is C32H34Cl2N2O5. The van der Waals surface area contributed by atoms with Crippen molar-refractivity contribution in [2.75, 3.05) is 6.54 Å². The lowest BCUT2D eigenvalue weighted by atomic mass is 9.74. The van der Waals surface area contributed by atoms with Crippen molar-refractivity contribution in [2.45, 2.75) is 57.2 Å². The molecule has 1 amide bonds. The van der Waals surface area contributed by atoms with E-state index in [1.807, 2.05) is 17.0 Å². The Morgan fingerprint density at radius 2 is 1.93 bits per heavy atom. The lowest BCUT2D eigenvalue weighted by molar-refractivity contribution is -0.124. The van der Waals surface area contributed by atoms with Gasteiger partial charge in [-0.15, -0.1) is 0 Å². The lowest BCUT2D eigenvalue weighted by Crippen LogP contribution is -2.58. The molecule has 0 radical (unpaired) electrons. The summed E-state index contributed by atoms with van der Waals surface area (Å²) in [4.78, 5) is 46.9. The predicted octanol–water partition coefficient (Wildman–Crippen LogP) is 6.59. The molecule has 0 bridgehead atoms. The first-order valence-electron chi connectivity index (χ1n) is 13.7. The number of allylic oxidation sites excluding steroid dienone is 2. The van der Waals surface area contributed by atoms with Crippen LogP contribution in [0.4, 0.5) is 0 Å². The van der Waals surface area contributed by atoms with E-state index in [4.69, 9.17) is 28.0 Å². The number of rotatable bonds is 11. The molecule has 1 fully saturated rings. The zero-order valence-electron chi connectivity index (χ0n) is 22.9. The van der Waals surface area contributed by atoms with Crippen molar-refractivity contribution in [2.24, 2.45) is 5.92 Å². The van der Waals surface area contributed by atoms with Crippen molar-refractivity contribution in [1.82, 2.24) is 10.4 Å². The van der Waals surface area contributed by atoms with Crippen LogP contribution in [0, 0.1) is 5.92 Å². The Kier molecular flexibility index (Phi) is 10.6. The molecule has 216 valence electrons. The molecule has 0 saturated heterocycles. The molecule has 2 aromatic rings. The van der Waals surface area contributed by atoms with Crippen LogP contribution in [-0.4, -0.2) is 46.3 Å². The number of fused-ring (bicyclic) bond motifs is 1. The summed E-state index contributed by atoms with van der Waals surface area (Å²) in [6.45, 7) is 6.04. The summed E-state index contributed by atoms with van der Waals surface area (Å²) in [6, 6.07) is 12.8. The van der Waals surface area contributed by atoms with E-state index >= 15 is 0 Å². The number of halogens is 2. The molecule has 1 aliphatic heterocycles. The minimum absolute atomic E-state index is 0.0629. The van der Waals surface area contributed by atoms with E-state index < -0.39 is 17.9 Å². The van der Waals surface area contributed by atoms with Gasteiger partial charge in [0.25, 0.3) is 5.91 Å². The van der Waals surface area contributed by atoms with Gasteiger partial charge in [-0.3, -0.25) is 14.4 Å². The van der Waals surface area contributed by atoms with Crippen molar-refractivity contribution < 1.29 is 24.3 Å². The maximum absolute atomic E-state index is 14.1. The maximum Gasteiger partial charge on any atom is 0.335 e. The molecular weight excluding hydrogens is 563 g/mol. The van der Waals surface area contributed by atoms with Gasteiger partial charge in [-0.05, 0) is 53.7 Å². The van der Waals surface area contributed by atoms with E-state index in [-0.39, 0.29) is 47.4 Å². The fraction of sp³-hybridized carbons (Fsp3) is 0.344. The summed E-state index contributed by atoms with van der Waals surface area (Å²) in [7, 11) is 0. The first-order valence-corrected chi connectivity index (χ1v) is 14.5. The summed E-state index contributed by atoms with van der Waals surface area (Å²) in [5, 5.41) is 9.46. The fourth-order valence-electron chi connectivity index (χ4n) is 5.95. The van der Waals surface area contributed by atoms with Gasteiger partial charge in [0.15, 0.2) is 5.78 Å². The summed E-state index contributed by atoms with van der Waals surface area (Å²) in [6.07, 6.45) is 7.24. The van der Waals surface area contributed by atoms with Crippen molar-refractivity contribution >= 4 is 40.9 Å². The highest BCUT2D eigenvalue weighted by molar-refractivity contribution is 6.32. The van der Waals surface area contributed by atoms with Crippen LogP contribution >= 0.6 is 23.2 Å². The zero-order valence-corrected chi connectivity index (χ0v) is 24.4. The Balaban J connectivity index is 1.68. The molecule has 0 aromatic heterocycles. The van der Waals surface area contributed by atoms with E-state index in [0.717, 1.165) is 25.7 Å². The van der Waals surface area contributed by atoms with Crippen molar-refractivity contribution in [1.29, 1.82) is 0 Å². The van der Waals surface area contributed by atoms with Crippen LogP contribution in [-0.2, 0) is 16.2 Å². The molecule has 0 spiro atoms. The molecule has 4 atom stereocenters. The van der Waals surface area contributed by atoms with Gasteiger partial charge in [0.2, 0.25) is 0 Å². The SMILES string of the molecule is C=C(Cl)/C(=C\C=C\Cl)[C@@H]1[C@@H](C(=O)CNOCc2cccc(C(=O)O)c2)c2ccccc2C(=O)N1[C@@H]1CCCC[C@H]1C. The average molecular weight is 598 g/mol. The second kappa shape index (κ2) is 14.1. The fourth-order valence-corrected chi connectivity index (χ4v) is 6.20. The Morgan fingerprint density at radius 1 is 1.17 bits per heavy atom. The quantitative estimate of drug-likeness (QED) is 0.172. The third-order valence-corrected chi connectivity index (χ3v) is 8.25. The monoisotopic (exact) mass is 596 g/mol. The predicted molar refractivity (Wildman–Crippen MR) is 160 cm³/mol. The number of amides is 1. The van der Waals surface area contributed by atoms with Gasteiger partial charge in [0.05, 0.1) is 30.7 Å². The molecule has 1 saturated carbocycles. The molecule has 9 heteroatoms. The Morgan fingerprint density at radius 3 is 2.63 bits per heavy atom. The van der Waals surface area contributed by atoms with Gasteiger partial charge in [-0.1, -0.05) is 92.0 Å². The van der Waals surface area contributed by atoms with Crippen molar-refractivity contribution in [3.63, 3.8) is 0 Å². The first-order chi connectivity index (χ1) is 19.7. The number of hydrogen-bond acceptors (Lipinski definition) is 5. The van der Waals surface area contributed by atoms with Crippen molar-refractivity contribution in [3.05, 3.63) is 106 Å². The molecule has 2 N–H and O–H groups in total. The van der Waals surface area contributed by atoms with Crippen LogP contribution in [0.25, 0.3) is 0 Å². The van der Waals surface area contributed by atoms with Gasteiger partial charge in [-0.25, -0.2) is 4.79 Å². The smallest absolute Gasteiger partial charge is 0.335 e. The second-order valence-corrected chi connectivity index (χ2v) is 11.2. The van der Waals surface area contributed by atoms with Gasteiger partial charge in [0, 0.05) is 22.2 Å². The molecule has 2 aliphatic rings. The number of benzene rings is 2. The molecule has 0 unspecified atom stereocenters. The highest BCUT2D eigenvalue weighted by atomic mass is 35.5. The number of nitrogens with one attached hydrogen (secondary N) is 1. The van der Waals surface area contributed by atoms with E-state index in [2.05, 4.69) is 19.0 Å². The van der Waals surface area contributed by atoms with E-state index in [9.17, 15) is 19.5 Å². The summed E-state index contributed by atoms with van der Waals surface area (Å²) < 4.78 is 0. The number of aromatic carboxylic acids is 1. The number of carbonyl (C=O) groups excluding carboxylic acids is 2. The number of hydrogen-bond donors (Lipinski definition) is 2. The molecule has 1 heterocycles. The lowest BCUT2D eigenvalue weighted by Gasteiger charge is -2.49. The standard InChI is InChI=1S/C32H34Cl2N2O5/c1-20-9-3-6-15-27(20)36-30(24(21(2)34)14-8-16-33)29(25-12-4-5-13-26(25)31(36)38)28(37)18-35-41-19-22-10-7-11-23(17-22)32(39)40/h4-5,7-8,10-14,16-17,20,27,29-30,35H,2-3,6,9,15,18-19H2,1H3,(H,39,40)/b16-8+,24-14+/t20-,27-,29-,30-/m1/s1. The highest BCUT2D eigenvalue weighted by Crippen LogP contribution is 2.44. The third kappa shape index (κ3) is 6.99. The number of carboxylic acids is 1. The summed E-state index contributed by atoms with van der Waals surface area (Å²) in [5.41, 5.74) is 6.56. The Bertz CT molecular complexity index is 1370. The van der Waals surface area contributed by atoms with Crippen LogP contribution in [0.2, 0.25) is 0 Å². The maximum atomic E-state index is 14.1. The minimum Gasteiger partial charge on any atom is -0.478 e. The normalized spacial score (nSPS) is 23.0. The van der Waals surface area contributed by atoms with E-state index in [0.29, 0.717) is 22.3 Å². The van der Waals surface area contributed by atoms with Crippen LogP contribution in [0.1, 0.15) is 70.4 Å². The molecule has 2 aromatic carbocycles. The minimum atomic E-state index is -1.03. The number of carbonyl (C=O) groups is 3. The number of nitrogens with zero attached hydrogens (tertiary/aromatic N) is 1. The number of carboxylic acid groups (broad SMARTS) is 1. The number of Topliss-reactive ketones (excluding diaryl/α,β-unsaturated/α-hetero) is 1. The number of ketones is 1. The average Bonchev–Trinajstić information content (AvgIpc) is 2.96. The summed E-state index contributed by atoms with van der Waals surface area (Å²) in [5.74, 6) is -1.85. The number of hydroxylamine groups is 1. The zero-order chi connectivity index (χ0) is 29.5. The highest BCUT2D eigenvalue weighted by Gasteiger charge is 2.48. The van der Waals surface area contributed by atoms with Gasteiger partial charge in [0.1, 0.15) is 0 Å². The molecule has 4 rings (SSSR count). The topological polar surface area (TPSA) is 95.9 Å². The summed E-state index contributed by atoms with van der Waals surface area (Å²) >= 11 is 12.4. The first kappa shape index (κ1) is 30.7. The Hall–Kier alpha value is -3.23.